The molecule has 1 heterocycles. The summed E-state index contributed by atoms with van der Waals surface area (Å²) in [4.78, 5) is 1.98. The van der Waals surface area contributed by atoms with Gasteiger partial charge in [0.2, 0.25) is 0 Å². The Morgan fingerprint density at radius 2 is 1.96 bits per heavy atom. The lowest BCUT2D eigenvalue weighted by Crippen LogP contribution is -2.43. The number of nitrogens with one attached hydrogen (secondary N) is 1. The van der Waals surface area contributed by atoms with E-state index in [1.165, 1.54) is 0 Å². The van der Waals surface area contributed by atoms with Gasteiger partial charge < -0.3 is 10.2 Å². The predicted octanol–water partition coefficient (Wildman–Crippen LogP) is 4.03. The van der Waals surface area contributed by atoms with Crippen molar-refractivity contribution in [1.82, 2.24) is 4.90 Å². The molecule has 138 valence electrons. The lowest BCUT2D eigenvalue weighted by Gasteiger charge is -2.31. The molecule has 1 aliphatic rings. The minimum absolute atomic E-state index is 0.125. The molecule has 0 saturated carbocycles. The van der Waals surface area contributed by atoms with E-state index in [0.717, 1.165) is 16.8 Å². The van der Waals surface area contributed by atoms with E-state index >= 15 is 0 Å². The van der Waals surface area contributed by atoms with E-state index in [2.05, 4.69) is 5.32 Å². The first kappa shape index (κ1) is 19.1. The van der Waals surface area contributed by atoms with Crippen LogP contribution in [-0.4, -0.2) is 36.0 Å². The van der Waals surface area contributed by atoms with E-state index in [9.17, 15) is 8.42 Å². The second-order valence-electron chi connectivity index (χ2n) is 6.51. The smallest absolute Gasteiger partial charge is 0.174 e. The number of hydrogen-bond donors (Lipinski definition) is 1. The Hall–Kier alpha value is -1.63. The van der Waals surface area contributed by atoms with Gasteiger partial charge in [-0.2, -0.15) is 0 Å². The average molecular weight is 409 g/mol. The second kappa shape index (κ2) is 7.94. The molecule has 0 spiro atoms. The lowest BCUT2D eigenvalue weighted by molar-refractivity contribution is 0.332. The molecule has 4 nitrogen and oxygen atoms in total. The first-order valence-corrected chi connectivity index (χ1v) is 11.0. The minimum Gasteiger partial charge on any atom is -0.341 e. The van der Waals surface area contributed by atoms with E-state index in [1.54, 1.807) is 0 Å². The number of thiocarbonyl (C=S) groups is 1. The molecule has 2 aromatic rings. The topological polar surface area (TPSA) is 49.4 Å². The van der Waals surface area contributed by atoms with Crippen LogP contribution < -0.4 is 5.32 Å². The van der Waals surface area contributed by atoms with Gasteiger partial charge in [0.15, 0.2) is 14.9 Å². The van der Waals surface area contributed by atoms with Crippen LogP contribution in [0.15, 0.2) is 48.5 Å². The Morgan fingerprint density at radius 1 is 1.23 bits per heavy atom. The Bertz CT molecular complexity index is 901. The first-order chi connectivity index (χ1) is 12.4. The van der Waals surface area contributed by atoms with Crippen LogP contribution in [0, 0.1) is 6.92 Å². The molecule has 0 unspecified atom stereocenters. The number of halogens is 1. The van der Waals surface area contributed by atoms with E-state index < -0.39 is 9.84 Å². The Kier molecular flexibility index (Phi) is 5.85. The highest BCUT2D eigenvalue weighted by Crippen LogP contribution is 2.25. The molecule has 1 fully saturated rings. The molecule has 1 aliphatic heterocycles. The maximum Gasteiger partial charge on any atom is 0.174 e. The van der Waals surface area contributed by atoms with Gasteiger partial charge in [-0.15, -0.1) is 0 Å². The highest BCUT2D eigenvalue weighted by molar-refractivity contribution is 7.91. The monoisotopic (exact) mass is 408 g/mol. The summed E-state index contributed by atoms with van der Waals surface area (Å²) in [6.45, 7) is 2.49. The fourth-order valence-corrected chi connectivity index (χ4v) is 5.33. The standard InChI is InChI=1S/C19H21ClN2O2S2/c1-14-17(20)8-5-9-18(14)21-19(25)22(12-15-6-3-2-4-7-15)16-10-11-26(23,24)13-16/h2-9,16H,10-13H2,1H3,(H,21,25)/t16-/m0/s1. The number of sulfone groups is 1. The molecule has 26 heavy (non-hydrogen) atoms. The fourth-order valence-electron chi connectivity index (χ4n) is 3.10. The summed E-state index contributed by atoms with van der Waals surface area (Å²) < 4.78 is 23.9. The first-order valence-electron chi connectivity index (χ1n) is 8.43. The van der Waals surface area contributed by atoms with Gasteiger partial charge >= 0.3 is 0 Å². The molecule has 2 aromatic carbocycles. The molecule has 0 bridgehead atoms. The molecule has 1 atom stereocenters. The van der Waals surface area contributed by atoms with Crippen molar-refractivity contribution >= 4 is 44.5 Å². The number of hydrogen-bond acceptors (Lipinski definition) is 3. The highest BCUT2D eigenvalue weighted by Gasteiger charge is 2.33. The normalized spacial score (nSPS) is 18.5. The third-order valence-corrected chi connectivity index (χ3v) is 7.11. The highest BCUT2D eigenvalue weighted by atomic mass is 35.5. The number of benzene rings is 2. The second-order valence-corrected chi connectivity index (χ2v) is 9.54. The van der Waals surface area contributed by atoms with Crippen LogP contribution in [0.1, 0.15) is 17.5 Å². The van der Waals surface area contributed by atoms with Crippen LogP contribution in [0.3, 0.4) is 0 Å². The van der Waals surface area contributed by atoms with Gasteiger partial charge in [0, 0.05) is 23.3 Å². The van der Waals surface area contributed by atoms with Gasteiger partial charge in [0.05, 0.1) is 11.5 Å². The van der Waals surface area contributed by atoms with Crippen LogP contribution in [0.25, 0.3) is 0 Å². The molecule has 3 rings (SSSR count). The Morgan fingerprint density at radius 3 is 2.62 bits per heavy atom. The zero-order chi connectivity index (χ0) is 18.7. The number of nitrogens with zero attached hydrogens (tertiary/aromatic N) is 1. The Balaban J connectivity index is 1.84. The van der Waals surface area contributed by atoms with Crippen LogP contribution in [0.4, 0.5) is 5.69 Å². The van der Waals surface area contributed by atoms with Crippen LogP contribution in [0.5, 0.6) is 0 Å². The summed E-state index contributed by atoms with van der Waals surface area (Å²) >= 11 is 11.8. The summed E-state index contributed by atoms with van der Waals surface area (Å²) in [5.41, 5.74) is 2.83. The molecular formula is C19H21ClN2O2S2. The molecule has 7 heteroatoms. The van der Waals surface area contributed by atoms with Crippen molar-refractivity contribution in [3.63, 3.8) is 0 Å². The minimum atomic E-state index is -3.00. The summed E-state index contributed by atoms with van der Waals surface area (Å²) in [5.74, 6) is 0.345. The zero-order valence-electron chi connectivity index (χ0n) is 14.5. The van der Waals surface area contributed by atoms with Gasteiger partial charge in [-0.1, -0.05) is 48.0 Å². The van der Waals surface area contributed by atoms with Crippen molar-refractivity contribution < 1.29 is 8.42 Å². The summed E-state index contributed by atoms with van der Waals surface area (Å²) in [5, 5.41) is 4.43. The predicted molar refractivity (Wildman–Crippen MR) is 111 cm³/mol. The van der Waals surface area contributed by atoms with Crippen LogP contribution in [-0.2, 0) is 16.4 Å². The van der Waals surface area contributed by atoms with Crippen molar-refractivity contribution in [2.45, 2.75) is 25.9 Å². The fraction of sp³-hybridized carbons (Fsp3) is 0.316. The van der Waals surface area contributed by atoms with E-state index in [0.29, 0.717) is 23.1 Å². The summed E-state index contributed by atoms with van der Waals surface area (Å²) in [6.07, 6.45) is 0.589. The lowest BCUT2D eigenvalue weighted by atomic mass is 10.1. The van der Waals surface area contributed by atoms with Crippen molar-refractivity contribution in [2.75, 3.05) is 16.8 Å². The Labute approximate surface area is 165 Å². The van der Waals surface area contributed by atoms with Crippen molar-refractivity contribution in [1.29, 1.82) is 0 Å². The third kappa shape index (κ3) is 4.55. The molecule has 0 aliphatic carbocycles. The van der Waals surface area contributed by atoms with Gasteiger partial charge in [-0.3, -0.25) is 0 Å². The van der Waals surface area contributed by atoms with E-state index in [4.69, 9.17) is 23.8 Å². The molecular weight excluding hydrogens is 388 g/mol. The van der Waals surface area contributed by atoms with Gasteiger partial charge in [0.1, 0.15) is 0 Å². The van der Waals surface area contributed by atoms with E-state index in [-0.39, 0.29) is 17.5 Å². The molecule has 0 aromatic heterocycles. The molecule has 0 radical (unpaired) electrons. The largest absolute Gasteiger partial charge is 0.341 e. The van der Waals surface area contributed by atoms with Crippen molar-refractivity contribution in [2.24, 2.45) is 0 Å². The quantitative estimate of drug-likeness (QED) is 0.774. The van der Waals surface area contributed by atoms with Crippen LogP contribution >= 0.6 is 23.8 Å². The van der Waals surface area contributed by atoms with Crippen molar-refractivity contribution in [3.8, 4) is 0 Å². The average Bonchev–Trinajstić information content (AvgIpc) is 2.97. The van der Waals surface area contributed by atoms with E-state index in [1.807, 2.05) is 60.4 Å². The van der Waals surface area contributed by atoms with Crippen molar-refractivity contribution in [3.05, 3.63) is 64.7 Å². The molecule has 1 saturated heterocycles. The van der Waals surface area contributed by atoms with Gasteiger partial charge in [-0.25, -0.2) is 8.42 Å². The van der Waals surface area contributed by atoms with Gasteiger partial charge in [0.25, 0.3) is 0 Å². The summed E-state index contributed by atoms with van der Waals surface area (Å²) in [6, 6.07) is 15.4. The van der Waals surface area contributed by atoms with Gasteiger partial charge in [-0.05, 0) is 48.8 Å². The maximum atomic E-state index is 12.0. The SMILES string of the molecule is Cc1c(Cl)cccc1NC(=S)N(Cc1ccccc1)[C@H]1CCS(=O)(=O)C1. The molecule has 1 N–H and O–H groups in total. The maximum absolute atomic E-state index is 12.0. The number of anilines is 1. The zero-order valence-corrected chi connectivity index (χ0v) is 16.9. The summed E-state index contributed by atoms with van der Waals surface area (Å²) in [7, 11) is -3.00. The van der Waals surface area contributed by atoms with Crippen LogP contribution in [0.2, 0.25) is 5.02 Å². The molecule has 0 amide bonds. The number of rotatable bonds is 4. The third-order valence-electron chi connectivity index (χ3n) is 4.62.